The standard InChI is InChI=1S/C14H21NO2/c1-12-5-4-6-13(11-12)8-9-15-14(17)7-2-3-10-16/h4-6,11,16H,2-3,7-10H2,1H3,(H,15,17). The molecule has 0 radical (unpaired) electrons. The molecule has 0 saturated heterocycles. The zero-order valence-electron chi connectivity index (χ0n) is 10.4. The summed E-state index contributed by atoms with van der Waals surface area (Å²) in [6.45, 7) is 2.91. The third kappa shape index (κ3) is 6.07. The molecule has 1 aromatic rings. The molecule has 17 heavy (non-hydrogen) atoms. The maximum Gasteiger partial charge on any atom is 0.220 e. The number of aliphatic hydroxyl groups is 1. The zero-order valence-corrected chi connectivity index (χ0v) is 10.4. The van der Waals surface area contributed by atoms with Gasteiger partial charge in [-0.25, -0.2) is 0 Å². The van der Waals surface area contributed by atoms with E-state index in [4.69, 9.17) is 5.11 Å². The quantitative estimate of drug-likeness (QED) is 0.708. The van der Waals surface area contributed by atoms with Crippen LogP contribution in [0.2, 0.25) is 0 Å². The molecule has 1 rings (SSSR count). The number of carbonyl (C=O) groups is 1. The Morgan fingerprint density at radius 1 is 1.35 bits per heavy atom. The third-order valence-corrected chi connectivity index (χ3v) is 2.63. The van der Waals surface area contributed by atoms with Crippen LogP contribution in [0, 0.1) is 6.92 Å². The smallest absolute Gasteiger partial charge is 0.220 e. The molecule has 0 fully saturated rings. The largest absolute Gasteiger partial charge is 0.396 e. The molecule has 3 nitrogen and oxygen atoms in total. The summed E-state index contributed by atoms with van der Waals surface area (Å²) in [5.41, 5.74) is 2.50. The molecule has 0 saturated carbocycles. The van der Waals surface area contributed by atoms with E-state index < -0.39 is 0 Å². The predicted octanol–water partition coefficient (Wildman–Crippen LogP) is 1.82. The lowest BCUT2D eigenvalue weighted by Crippen LogP contribution is -2.25. The van der Waals surface area contributed by atoms with Crippen LogP contribution in [0.4, 0.5) is 0 Å². The van der Waals surface area contributed by atoms with Gasteiger partial charge in [0.1, 0.15) is 0 Å². The van der Waals surface area contributed by atoms with Crippen LogP contribution in [0.15, 0.2) is 24.3 Å². The Labute approximate surface area is 103 Å². The monoisotopic (exact) mass is 235 g/mol. The molecule has 1 amide bonds. The third-order valence-electron chi connectivity index (χ3n) is 2.63. The van der Waals surface area contributed by atoms with Crippen LogP contribution in [-0.2, 0) is 11.2 Å². The van der Waals surface area contributed by atoms with Crippen molar-refractivity contribution in [2.24, 2.45) is 0 Å². The minimum Gasteiger partial charge on any atom is -0.396 e. The first-order chi connectivity index (χ1) is 8.22. The molecule has 2 N–H and O–H groups in total. The number of nitrogens with one attached hydrogen (secondary N) is 1. The van der Waals surface area contributed by atoms with E-state index in [1.807, 2.05) is 6.07 Å². The predicted molar refractivity (Wildman–Crippen MR) is 68.8 cm³/mol. The van der Waals surface area contributed by atoms with E-state index >= 15 is 0 Å². The second kappa shape index (κ2) is 7.85. The Balaban J connectivity index is 2.17. The summed E-state index contributed by atoms with van der Waals surface area (Å²) in [5, 5.41) is 11.5. The van der Waals surface area contributed by atoms with Crippen LogP contribution in [0.1, 0.15) is 30.4 Å². The van der Waals surface area contributed by atoms with E-state index in [0.717, 1.165) is 12.8 Å². The van der Waals surface area contributed by atoms with E-state index in [2.05, 4.69) is 30.4 Å². The number of hydrogen-bond donors (Lipinski definition) is 2. The summed E-state index contributed by atoms with van der Waals surface area (Å²) in [6, 6.07) is 8.31. The molecule has 0 heterocycles. The van der Waals surface area contributed by atoms with Crippen LogP contribution in [0.25, 0.3) is 0 Å². The maximum absolute atomic E-state index is 11.4. The van der Waals surface area contributed by atoms with E-state index in [1.54, 1.807) is 0 Å². The molecule has 0 aliphatic heterocycles. The Morgan fingerprint density at radius 3 is 2.88 bits per heavy atom. The summed E-state index contributed by atoms with van der Waals surface area (Å²) < 4.78 is 0. The maximum atomic E-state index is 11.4. The topological polar surface area (TPSA) is 49.3 Å². The van der Waals surface area contributed by atoms with Gasteiger partial charge in [0, 0.05) is 19.6 Å². The van der Waals surface area contributed by atoms with Crippen molar-refractivity contribution < 1.29 is 9.90 Å². The fourth-order valence-corrected chi connectivity index (χ4v) is 1.70. The van der Waals surface area contributed by atoms with Gasteiger partial charge < -0.3 is 10.4 Å². The van der Waals surface area contributed by atoms with E-state index in [-0.39, 0.29) is 12.5 Å². The second-order valence-corrected chi connectivity index (χ2v) is 4.27. The first-order valence-electron chi connectivity index (χ1n) is 6.15. The minimum absolute atomic E-state index is 0.0751. The Kier molecular flexibility index (Phi) is 6.33. The summed E-state index contributed by atoms with van der Waals surface area (Å²) in [4.78, 5) is 11.4. The molecule has 94 valence electrons. The fraction of sp³-hybridized carbons (Fsp3) is 0.500. The highest BCUT2D eigenvalue weighted by Crippen LogP contribution is 2.04. The molecule has 0 bridgehead atoms. The van der Waals surface area contributed by atoms with Crippen LogP contribution in [0.5, 0.6) is 0 Å². The van der Waals surface area contributed by atoms with Gasteiger partial charge in [-0.1, -0.05) is 29.8 Å². The van der Waals surface area contributed by atoms with Crippen molar-refractivity contribution in [1.29, 1.82) is 0 Å². The van der Waals surface area contributed by atoms with E-state index in [9.17, 15) is 4.79 Å². The van der Waals surface area contributed by atoms with Crippen molar-refractivity contribution in [2.75, 3.05) is 13.2 Å². The molecule has 0 spiro atoms. The van der Waals surface area contributed by atoms with Gasteiger partial charge in [-0.2, -0.15) is 0 Å². The summed E-state index contributed by atoms with van der Waals surface area (Å²) in [6.07, 6.45) is 2.83. The number of carbonyl (C=O) groups excluding carboxylic acids is 1. The first kappa shape index (κ1) is 13.7. The number of unbranched alkanes of at least 4 members (excludes halogenated alkanes) is 1. The highest BCUT2D eigenvalue weighted by Gasteiger charge is 2.00. The van der Waals surface area contributed by atoms with Crippen molar-refractivity contribution in [3.8, 4) is 0 Å². The number of rotatable bonds is 7. The molecule has 0 aliphatic carbocycles. The minimum atomic E-state index is 0.0751. The highest BCUT2D eigenvalue weighted by atomic mass is 16.2. The van der Waals surface area contributed by atoms with Crippen LogP contribution < -0.4 is 5.32 Å². The molecule has 0 unspecified atom stereocenters. The lowest BCUT2D eigenvalue weighted by molar-refractivity contribution is -0.121. The van der Waals surface area contributed by atoms with Gasteiger partial charge in [0.25, 0.3) is 0 Å². The number of benzene rings is 1. The average Bonchev–Trinajstić information content (AvgIpc) is 2.29. The first-order valence-corrected chi connectivity index (χ1v) is 6.15. The highest BCUT2D eigenvalue weighted by molar-refractivity contribution is 5.75. The summed E-state index contributed by atoms with van der Waals surface area (Å²) in [5.74, 6) is 0.0751. The molecule has 0 aliphatic rings. The van der Waals surface area contributed by atoms with Crippen molar-refractivity contribution in [3.63, 3.8) is 0 Å². The SMILES string of the molecule is Cc1cccc(CCNC(=O)CCCCO)c1. The number of hydrogen-bond acceptors (Lipinski definition) is 2. The van der Waals surface area contributed by atoms with Gasteiger partial charge in [0.05, 0.1) is 0 Å². The molecule has 1 aromatic carbocycles. The lowest BCUT2D eigenvalue weighted by atomic mass is 10.1. The van der Waals surface area contributed by atoms with Crippen LogP contribution in [0.3, 0.4) is 0 Å². The van der Waals surface area contributed by atoms with Gasteiger partial charge in [0.2, 0.25) is 5.91 Å². The Bertz CT molecular complexity index is 350. The average molecular weight is 235 g/mol. The van der Waals surface area contributed by atoms with E-state index in [1.165, 1.54) is 11.1 Å². The lowest BCUT2D eigenvalue weighted by Gasteiger charge is -2.05. The van der Waals surface area contributed by atoms with Crippen molar-refractivity contribution in [3.05, 3.63) is 35.4 Å². The molecule has 0 aromatic heterocycles. The molecule has 3 heteroatoms. The van der Waals surface area contributed by atoms with E-state index in [0.29, 0.717) is 19.4 Å². The number of aryl methyl sites for hydroxylation is 1. The number of aliphatic hydroxyl groups excluding tert-OH is 1. The molecular weight excluding hydrogens is 214 g/mol. The van der Waals surface area contributed by atoms with Crippen LogP contribution in [-0.4, -0.2) is 24.2 Å². The van der Waals surface area contributed by atoms with Gasteiger partial charge in [0.15, 0.2) is 0 Å². The fourth-order valence-electron chi connectivity index (χ4n) is 1.70. The summed E-state index contributed by atoms with van der Waals surface area (Å²) in [7, 11) is 0. The van der Waals surface area contributed by atoms with Gasteiger partial charge >= 0.3 is 0 Å². The second-order valence-electron chi connectivity index (χ2n) is 4.27. The van der Waals surface area contributed by atoms with Crippen molar-refractivity contribution in [2.45, 2.75) is 32.6 Å². The number of amides is 1. The van der Waals surface area contributed by atoms with Crippen molar-refractivity contribution in [1.82, 2.24) is 5.32 Å². The normalized spacial score (nSPS) is 10.2. The van der Waals surface area contributed by atoms with Gasteiger partial charge in [-0.3, -0.25) is 4.79 Å². The molecule has 0 atom stereocenters. The van der Waals surface area contributed by atoms with Gasteiger partial charge in [-0.15, -0.1) is 0 Å². The van der Waals surface area contributed by atoms with Crippen LogP contribution >= 0.6 is 0 Å². The van der Waals surface area contributed by atoms with Crippen molar-refractivity contribution >= 4 is 5.91 Å². The zero-order chi connectivity index (χ0) is 12.5. The Hall–Kier alpha value is -1.35. The summed E-state index contributed by atoms with van der Waals surface area (Å²) >= 11 is 0. The van der Waals surface area contributed by atoms with Gasteiger partial charge in [-0.05, 0) is 31.7 Å². The Morgan fingerprint density at radius 2 is 2.18 bits per heavy atom. The molecular formula is C14H21NO2.